The first kappa shape index (κ1) is 64.6. The highest BCUT2D eigenvalue weighted by atomic mass is 16.8. The van der Waals surface area contributed by atoms with Crippen LogP contribution in [0.15, 0.2) is 78.9 Å². The summed E-state index contributed by atoms with van der Waals surface area (Å²) in [6.07, 6.45) is -34.3. The lowest BCUT2D eigenvalue weighted by Gasteiger charge is -2.50. The molecule has 84 heavy (non-hydrogen) atoms. The third-order valence-corrected chi connectivity index (χ3v) is 13.5. The number of aliphatic hydroxyl groups is 9. The van der Waals surface area contributed by atoms with Gasteiger partial charge in [0, 0.05) is 26.0 Å². The van der Waals surface area contributed by atoms with Gasteiger partial charge in [-0.2, -0.15) is 0 Å². The number of carbonyl (C=O) groups excluding carboxylic acids is 5. The Bertz CT molecular complexity index is 2790. The summed E-state index contributed by atoms with van der Waals surface area (Å²) >= 11 is 0. The lowest BCUT2D eigenvalue weighted by Crippen LogP contribution is -2.69. The molecule has 12 N–H and O–H groups in total. The van der Waals surface area contributed by atoms with E-state index in [0.717, 1.165) is 44.2 Å². The first-order valence-electron chi connectivity index (χ1n) is 25.7. The van der Waals surface area contributed by atoms with Gasteiger partial charge in [0.2, 0.25) is 5.79 Å². The minimum atomic E-state index is -2.97. The SMILES string of the molecule is COc1cc(/C=C\C(=O)O[C@H]2[C@H](O[C@@H]3O[C@@H](COC(C)=O)[C@@H](O)[C@H](O)[C@H]3O)[C@@H](O[C@H]3O[C@@H](CO)[C@@H](O)[C@H](O)[C@H]3O)[C@@H](O[C@]3(COC(=O)/C=C\c4ccc(O)c(O)c4)O[C@H](CO)[C@@H](O)[C@@H]3OC(=O)c3ccccc3)O[C@@H]2COC(C)=O)ccc1O. The fourth-order valence-corrected chi connectivity index (χ4v) is 9.12. The number of aliphatic hydroxyl groups excluding tert-OH is 9. The Morgan fingerprint density at radius 1 is 0.548 bits per heavy atom. The van der Waals surface area contributed by atoms with E-state index in [4.69, 9.17) is 61.6 Å². The van der Waals surface area contributed by atoms with Crippen molar-refractivity contribution in [2.24, 2.45) is 0 Å². The number of benzene rings is 3. The molecule has 4 aliphatic heterocycles. The van der Waals surface area contributed by atoms with Crippen LogP contribution < -0.4 is 4.74 Å². The smallest absolute Gasteiger partial charge is 0.338 e. The van der Waals surface area contributed by atoms with Crippen LogP contribution in [0.1, 0.15) is 35.3 Å². The van der Waals surface area contributed by atoms with E-state index in [1.165, 1.54) is 61.7 Å². The summed E-state index contributed by atoms with van der Waals surface area (Å²) in [6, 6.07) is 14.5. The van der Waals surface area contributed by atoms with Crippen LogP contribution in [0, 0.1) is 0 Å². The van der Waals surface area contributed by atoms with Crippen molar-refractivity contribution >= 4 is 42.0 Å². The molecular formula is C54H64O30. The van der Waals surface area contributed by atoms with Gasteiger partial charge in [-0.05, 0) is 59.7 Å². The van der Waals surface area contributed by atoms with Crippen LogP contribution >= 0.6 is 0 Å². The van der Waals surface area contributed by atoms with E-state index in [1.807, 2.05) is 0 Å². The Kier molecular flexibility index (Phi) is 22.1. The Hall–Kier alpha value is -6.95. The number of carbonyl (C=O) groups is 5. The zero-order valence-corrected chi connectivity index (χ0v) is 44.8. The van der Waals surface area contributed by atoms with Crippen molar-refractivity contribution in [1.29, 1.82) is 0 Å². The molecule has 4 fully saturated rings. The molecule has 3 aromatic carbocycles. The maximum atomic E-state index is 14.2. The van der Waals surface area contributed by atoms with Crippen molar-refractivity contribution in [1.82, 2.24) is 0 Å². The van der Waals surface area contributed by atoms with Gasteiger partial charge in [0.1, 0.15) is 99.2 Å². The predicted molar refractivity (Wildman–Crippen MR) is 273 cm³/mol. The molecule has 0 aromatic heterocycles. The molecule has 0 radical (unpaired) electrons. The van der Waals surface area contributed by atoms with Crippen LogP contribution in [0.25, 0.3) is 12.2 Å². The fraction of sp³-hybridized carbons (Fsp3) is 0.500. The van der Waals surface area contributed by atoms with E-state index < -0.39 is 191 Å². The molecule has 0 aliphatic carbocycles. The first-order chi connectivity index (χ1) is 40.0. The quantitative estimate of drug-likeness (QED) is 0.0205. The summed E-state index contributed by atoms with van der Waals surface area (Å²) in [4.78, 5) is 66.4. The van der Waals surface area contributed by atoms with E-state index >= 15 is 0 Å². The Morgan fingerprint density at radius 3 is 1.69 bits per heavy atom. The van der Waals surface area contributed by atoms with Gasteiger partial charge in [0.15, 0.2) is 54.1 Å². The minimum Gasteiger partial charge on any atom is -0.504 e. The zero-order valence-electron chi connectivity index (χ0n) is 44.8. The van der Waals surface area contributed by atoms with Crippen LogP contribution in [-0.4, -0.2) is 247 Å². The average molecular weight is 1190 g/mol. The van der Waals surface area contributed by atoms with Crippen molar-refractivity contribution in [3.05, 3.63) is 95.6 Å². The minimum absolute atomic E-state index is 0.00828. The van der Waals surface area contributed by atoms with Crippen molar-refractivity contribution in [3.8, 4) is 23.0 Å². The normalized spacial score (nSPS) is 33.3. The molecule has 0 spiro atoms. The summed E-state index contributed by atoms with van der Waals surface area (Å²) in [7, 11) is 1.26. The molecule has 0 amide bonds. The van der Waals surface area contributed by atoms with Crippen molar-refractivity contribution in [2.45, 2.75) is 130 Å². The highest BCUT2D eigenvalue weighted by Crippen LogP contribution is 2.42. The van der Waals surface area contributed by atoms with Gasteiger partial charge in [0.25, 0.3) is 0 Å². The fourth-order valence-electron chi connectivity index (χ4n) is 9.12. The average Bonchev–Trinajstić information content (AvgIpc) is 1.97. The van der Waals surface area contributed by atoms with Crippen LogP contribution in [0.4, 0.5) is 0 Å². The largest absolute Gasteiger partial charge is 0.504 e. The molecule has 30 nitrogen and oxygen atoms in total. The second-order valence-corrected chi connectivity index (χ2v) is 19.4. The van der Waals surface area contributed by atoms with Gasteiger partial charge in [-0.15, -0.1) is 0 Å². The molecule has 4 saturated heterocycles. The van der Waals surface area contributed by atoms with Crippen LogP contribution in [-0.2, 0) is 76.0 Å². The van der Waals surface area contributed by atoms with Crippen molar-refractivity contribution < 1.29 is 147 Å². The summed E-state index contributed by atoms with van der Waals surface area (Å²) < 4.78 is 76.3. The van der Waals surface area contributed by atoms with Crippen LogP contribution in [0.2, 0.25) is 0 Å². The van der Waals surface area contributed by atoms with Gasteiger partial charge in [-0.25, -0.2) is 14.4 Å². The van der Waals surface area contributed by atoms with Gasteiger partial charge >= 0.3 is 29.8 Å². The van der Waals surface area contributed by atoms with Gasteiger partial charge < -0.3 is 123 Å². The number of phenols is 3. The lowest BCUT2D eigenvalue weighted by atomic mass is 9.95. The Morgan fingerprint density at radius 2 is 1.10 bits per heavy atom. The lowest BCUT2D eigenvalue weighted by molar-refractivity contribution is -0.421. The molecule has 3 aromatic rings. The van der Waals surface area contributed by atoms with Crippen LogP contribution in [0.3, 0.4) is 0 Å². The number of hydrogen-bond donors (Lipinski definition) is 12. The summed E-state index contributed by atoms with van der Waals surface area (Å²) in [5, 5.41) is 130. The molecule has 4 heterocycles. The Labute approximate surface area is 476 Å². The van der Waals surface area contributed by atoms with Gasteiger partial charge in [0.05, 0.1) is 25.9 Å². The predicted octanol–water partition coefficient (Wildman–Crippen LogP) is -3.09. The van der Waals surface area contributed by atoms with E-state index in [0.29, 0.717) is 0 Å². The number of hydrogen-bond acceptors (Lipinski definition) is 30. The standard InChI is InChI=1S/C54H64O30/c1-24(57)73-21-35-40(65)43(68)45(70)52(77-35)80-47-46(79-38(63)16-12-27-10-14-30(60)32(18-27)72-3)36(22-74-25(2)58)78-53(48(47)81-51-44(69)42(67)39(64)33(19-55)76-51)84-54(23-75-37(62)15-11-26-9-13-29(59)31(61)17-26)49(41(66)34(20-56)83-54)82-50(71)28-7-5-4-6-8-28/h4-18,33-36,39-49,51-53,55-56,59-61,64-70H,19-23H2,1-3H3/b15-11-,16-12-/t33-,34+,35-,36+,39+,40+,41+,42-,43-,44+,45+,46+,47-,48+,49-,51+,52-,53+,54-/m0/s1. The van der Waals surface area contributed by atoms with E-state index in [9.17, 15) is 85.3 Å². The molecule has 0 unspecified atom stereocenters. The van der Waals surface area contributed by atoms with E-state index in [2.05, 4.69) is 0 Å². The molecule has 0 saturated carbocycles. The molecule has 7 rings (SSSR count). The molecule has 19 atom stereocenters. The number of ether oxygens (including phenoxy) is 13. The molecular weight excluding hydrogens is 1130 g/mol. The zero-order chi connectivity index (χ0) is 61.2. The topological polar surface area (TPSA) is 448 Å². The number of methoxy groups -OCH3 is 1. The Balaban J connectivity index is 1.40. The highest BCUT2D eigenvalue weighted by molar-refractivity contribution is 5.90. The first-order valence-corrected chi connectivity index (χ1v) is 25.7. The van der Waals surface area contributed by atoms with Crippen LogP contribution in [0.5, 0.6) is 23.0 Å². The molecule has 4 aliphatic rings. The monoisotopic (exact) mass is 1190 g/mol. The van der Waals surface area contributed by atoms with E-state index in [1.54, 1.807) is 6.07 Å². The molecule has 460 valence electrons. The van der Waals surface area contributed by atoms with Gasteiger partial charge in [-0.1, -0.05) is 30.3 Å². The second-order valence-electron chi connectivity index (χ2n) is 19.4. The number of esters is 5. The highest BCUT2D eigenvalue weighted by Gasteiger charge is 2.64. The maximum Gasteiger partial charge on any atom is 0.338 e. The summed E-state index contributed by atoms with van der Waals surface area (Å²) in [6.45, 7) is -3.17. The number of phenolic OH excluding ortho intramolecular Hbond substituents is 3. The molecule has 0 bridgehead atoms. The van der Waals surface area contributed by atoms with Crippen molar-refractivity contribution in [2.75, 3.05) is 40.1 Å². The summed E-state index contributed by atoms with van der Waals surface area (Å²) in [5.74, 6) is -9.87. The maximum absolute atomic E-state index is 14.2. The van der Waals surface area contributed by atoms with E-state index in [-0.39, 0.29) is 28.2 Å². The van der Waals surface area contributed by atoms with Crippen molar-refractivity contribution in [3.63, 3.8) is 0 Å². The second kappa shape index (κ2) is 28.8. The summed E-state index contributed by atoms with van der Waals surface area (Å²) in [5.41, 5.74) is 0.267. The third-order valence-electron chi connectivity index (χ3n) is 13.5. The van der Waals surface area contributed by atoms with Gasteiger partial charge in [-0.3, -0.25) is 9.59 Å². The number of aromatic hydroxyl groups is 3. The molecule has 30 heteroatoms. The number of rotatable bonds is 22. The third kappa shape index (κ3) is 15.5.